The van der Waals surface area contributed by atoms with Gasteiger partial charge in [-0.15, -0.1) is 11.3 Å². The van der Waals surface area contributed by atoms with E-state index in [2.05, 4.69) is 22.9 Å². The van der Waals surface area contributed by atoms with Crippen molar-refractivity contribution in [3.63, 3.8) is 0 Å². The molecular weight excluding hydrogens is 348 g/mol. The molecular formula is C17H17BrO2S. The summed E-state index contributed by atoms with van der Waals surface area (Å²) in [6, 6.07) is 5.62. The normalized spacial score (nSPS) is 11.2. The monoisotopic (exact) mass is 364 g/mol. The summed E-state index contributed by atoms with van der Waals surface area (Å²) in [5.41, 5.74) is 2.55. The lowest BCUT2D eigenvalue weighted by Crippen LogP contribution is -1.89. The fourth-order valence-electron chi connectivity index (χ4n) is 2.11. The molecule has 0 bridgehead atoms. The van der Waals surface area contributed by atoms with Crippen molar-refractivity contribution in [2.45, 2.75) is 27.2 Å². The van der Waals surface area contributed by atoms with Gasteiger partial charge in [0.1, 0.15) is 5.75 Å². The number of aryl methyl sites for hydroxylation is 3. The average molecular weight is 365 g/mol. The average Bonchev–Trinajstić information content (AvgIpc) is 2.83. The predicted octanol–water partition coefficient (Wildman–Crippen LogP) is 5.29. The summed E-state index contributed by atoms with van der Waals surface area (Å²) in [5.74, 6) is 0.317. The van der Waals surface area contributed by atoms with Crippen LogP contribution in [0.1, 0.15) is 38.2 Å². The maximum absolute atomic E-state index is 12.2. The van der Waals surface area contributed by atoms with Crippen LogP contribution < -0.4 is 0 Å². The second-order valence-electron chi connectivity index (χ2n) is 4.94. The maximum atomic E-state index is 12.2. The lowest BCUT2D eigenvalue weighted by molar-refractivity contribution is 0.105. The van der Waals surface area contributed by atoms with Gasteiger partial charge in [-0.1, -0.05) is 13.0 Å². The fraction of sp³-hybridized carbons (Fsp3) is 0.235. The van der Waals surface area contributed by atoms with Gasteiger partial charge in [0.2, 0.25) is 0 Å². The van der Waals surface area contributed by atoms with Crippen molar-refractivity contribution in [3.05, 3.63) is 55.2 Å². The molecule has 21 heavy (non-hydrogen) atoms. The zero-order valence-corrected chi connectivity index (χ0v) is 14.6. The van der Waals surface area contributed by atoms with Crippen molar-refractivity contribution < 1.29 is 9.90 Å². The van der Waals surface area contributed by atoms with Crippen LogP contribution in [-0.2, 0) is 6.42 Å². The first-order valence-electron chi connectivity index (χ1n) is 6.73. The number of rotatable bonds is 4. The molecule has 0 aliphatic heterocycles. The van der Waals surface area contributed by atoms with E-state index >= 15 is 0 Å². The van der Waals surface area contributed by atoms with Crippen molar-refractivity contribution >= 4 is 39.1 Å². The van der Waals surface area contributed by atoms with Crippen LogP contribution in [0.25, 0.3) is 6.08 Å². The molecule has 0 fully saturated rings. The number of thiophene rings is 1. The molecule has 2 aromatic rings. The van der Waals surface area contributed by atoms with Gasteiger partial charge in [0.05, 0.1) is 4.88 Å². The van der Waals surface area contributed by atoms with E-state index in [4.69, 9.17) is 0 Å². The van der Waals surface area contributed by atoms with Crippen LogP contribution in [-0.4, -0.2) is 10.9 Å². The Kier molecular flexibility index (Phi) is 5.01. The Balaban J connectivity index is 2.22. The number of hydrogen-bond acceptors (Lipinski definition) is 3. The van der Waals surface area contributed by atoms with Gasteiger partial charge in [0.25, 0.3) is 0 Å². The molecule has 2 nitrogen and oxygen atoms in total. The van der Waals surface area contributed by atoms with E-state index in [0.717, 1.165) is 32.5 Å². The number of hydrogen-bond donors (Lipinski definition) is 1. The Bertz CT molecular complexity index is 691. The van der Waals surface area contributed by atoms with Gasteiger partial charge in [-0.05, 0) is 77.2 Å². The van der Waals surface area contributed by atoms with Gasteiger partial charge in [-0.2, -0.15) is 0 Å². The third kappa shape index (κ3) is 3.63. The van der Waals surface area contributed by atoms with E-state index in [9.17, 15) is 9.90 Å². The lowest BCUT2D eigenvalue weighted by atomic mass is 10.1. The number of carbonyl (C=O) groups excluding carboxylic acids is 1. The highest BCUT2D eigenvalue weighted by molar-refractivity contribution is 9.10. The summed E-state index contributed by atoms with van der Waals surface area (Å²) in [7, 11) is 0. The van der Waals surface area contributed by atoms with Crippen LogP contribution in [0.2, 0.25) is 0 Å². The summed E-state index contributed by atoms with van der Waals surface area (Å²) in [4.78, 5) is 14.1. The number of carbonyl (C=O) groups is 1. The molecule has 1 heterocycles. The Hall–Kier alpha value is -1.39. The Labute approximate surface area is 137 Å². The van der Waals surface area contributed by atoms with Crippen molar-refractivity contribution in [3.8, 4) is 5.75 Å². The second kappa shape index (κ2) is 6.58. The van der Waals surface area contributed by atoms with Gasteiger partial charge in [0, 0.05) is 9.35 Å². The van der Waals surface area contributed by atoms with Gasteiger partial charge >= 0.3 is 0 Å². The van der Waals surface area contributed by atoms with E-state index in [1.165, 1.54) is 16.2 Å². The third-order valence-corrected chi connectivity index (χ3v) is 5.53. The highest BCUT2D eigenvalue weighted by atomic mass is 79.9. The van der Waals surface area contributed by atoms with E-state index in [0.29, 0.717) is 5.75 Å². The number of halogens is 1. The molecule has 0 saturated carbocycles. The summed E-state index contributed by atoms with van der Waals surface area (Å²) in [6.45, 7) is 5.78. The molecule has 2 rings (SSSR count). The van der Waals surface area contributed by atoms with Crippen molar-refractivity contribution in [1.82, 2.24) is 0 Å². The highest BCUT2D eigenvalue weighted by Gasteiger charge is 2.10. The Morgan fingerprint density at radius 2 is 1.90 bits per heavy atom. The van der Waals surface area contributed by atoms with Crippen LogP contribution in [0.5, 0.6) is 5.75 Å². The SMILES string of the molecule is CCc1sc(C(=O)C=Cc2cc(C)c(O)c(C)c2)cc1Br. The van der Waals surface area contributed by atoms with Gasteiger partial charge in [-0.3, -0.25) is 4.79 Å². The topological polar surface area (TPSA) is 37.3 Å². The summed E-state index contributed by atoms with van der Waals surface area (Å²) in [6.07, 6.45) is 4.29. The number of aromatic hydroxyl groups is 1. The highest BCUT2D eigenvalue weighted by Crippen LogP contribution is 2.29. The number of phenolic OH excluding ortho intramolecular Hbond substituents is 1. The number of allylic oxidation sites excluding steroid dienone is 1. The van der Waals surface area contributed by atoms with Crippen molar-refractivity contribution in [2.75, 3.05) is 0 Å². The first-order valence-corrected chi connectivity index (χ1v) is 8.34. The third-order valence-electron chi connectivity index (χ3n) is 3.26. The molecule has 0 unspecified atom stereocenters. The first-order chi connectivity index (χ1) is 9.92. The Morgan fingerprint density at radius 3 is 2.43 bits per heavy atom. The van der Waals surface area contributed by atoms with Gasteiger partial charge in [0.15, 0.2) is 5.78 Å². The molecule has 0 amide bonds. The lowest BCUT2D eigenvalue weighted by Gasteiger charge is -2.04. The van der Waals surface area contributed by atoms with Gasteiger partial charge < -0.3 is 5.11 Å². The summed E-state index contributed by atoms with van der Waals surface area (Å²) >= 11 is 5.00. The van der Waals surface area contributed by atoms with E-state index in [1.807, 2.05) is 32.0 Å². The zero-order chi connectivity index (χ0) is 15.6. The van der Waals surface area contributed by atoms with Crippen LogP contribution in [0.4, 0.5) is 0 Å². The molecule has 4 heteroatoms. The molecule has 1 N–H and O–H groups in total. The van der Waals surface area contributed by atoms with Crippen LogP contribution in [0.15, 0.2) is 28.7 Å². The van der Waals surface area contributed by atoms with E-state index in [-0.39, 0.29) is 5.78 Å². The molecule has 110 valence electrons. The van der Waals surface area contributed by atoms with Crippen molar-refractivity contribution in [1.29, 1.82) is 0 Å². The van der Waals surface area contributed by atoms with Crippen LogP contribution in [0.3, 0.4) is 0 Å². The minimum absolute atomic E-state index is 0.00350. The molecule has 0 aliphatic rings. The van der Waals surface area contributed by atoms with Gasteiger partial charge in [-0.25, -0.2) is 0 Å². The molecule has 0 atom stereocenters. The second-order valence-corrected chi connectivity index (χ2v) is 6.93. The molecule has 0 spiro atoms. The van der Waals surface area contributed by atoms with E-state index < -0.39 is 0 Å². The Morgan fingerprint density at radius 1 is 1.29 bits per heavy atom. The molecule has 0 saturated heterocycles. The molecule has 0 aliphatic carbocycles. The van der Waals surface area contributed by atoms with Crippen LogP contribution in [0, 0.1) is 13.8 Å². The quantitative estimate of drug-likeness (QED) is 0.590. The van der Waals surface area contributed by atoms with Crippen LogP contribution >= 0.6 is 27.3 Å². The standard InChI is InChI=1S/C17H17BrO2S/c1-4-15-13(18)9-16(21-15)14(19)6-5-12-7-10(2)17(20)11(3)8-12/h5-9,20H,4H2,1-3H3. The first kappa shape index (κ1) is 16.0. The minimum atomic E-state index is 0.00350. The smallest absolute Gasteiger partial charge is 0.195 e. The molecule has 0 radical (unpaired) electrons. The largest absolute Gasteiger partial charge is 0.507 e. The minimum Gasteiger partial charge on any atom is -0.507 e. The summed E-state index contributed by atoms with van der Waals surface area (Å²) < 4.78 is 1.00. The molecule has 1 aromatic carbocycles. The fourth-order valence-corrected chi connectivity index (χ4v) is 3.92. The van der Waals surface area contributed by atoms with Crippen molar-refractivity contribution in [2.24, 2.45) is 0 Å². The predicted molar refractivity (Wildman–Crippen MR) is 92.3 cm³/mol. The zero-order valence-electron chi connectivity index (χ0n) is 12.2. The number of phenols is 1. The summed E-state index contributed by atoms with van der Waals surface area (Å²) in [5, 5.41) is 9.75. The number of ketones is 1. The maximum Gasteiger partial charge on any atom is 0.195 e. The molecule has 1 aromatic heterocycles. The van der Waals surface area contributed by atoms with E-state index in [1.54, 1.807) is 12.2 Å². The number of benzene rings is 1.